The van der Waals surface area contributed by atoms with Gasteiger partial charge in [-0.2, -0.15) is 0 Å². The lowest BCUT2D eigenvalue weighted by Gasteiger charge is -2.10. The Morgan fingerprint density at radius 3 is 2.70 bits per heavy atom. The molecule has 0 saturated carbocycles. The van der Waals surface area contributed by atoms with Crippen LogP contribution in [0.2, 0.25) is 0 Å². The number of unbranched alkanes of at least 4 members (excludes halogenated alkanes) is 1. The van der Waals surface area contributed by atoms with Crippen molar-refractivity contribution in [2.24, 2.45) is 0 Å². The van der Waals surface area contributed by atoms with Crippen molar-refractivity contribution in [3.05, 3.63) is 0 Å². The van der Waals surface area contributed by atoms with E-state index >= 15 is 0 Å². The first-order valence-corrected chi connectivity index (χ1v) is 3.94. The van der Waals surface area contributed by atoms with Crippen LogP contribution in [0.25, 0.3) is 0 Å². The molecule has 0 aromatic rings. The van der Waals surface area contributed by atoms with Crippen molar-refractivity contribution in [3.8, 4) is 0 Å². The molecule has 1 amide bonds. The Morgan fingerprint density at radius 1 is 1.70 bits per heavy atom. The molecule has 2 heteroatoms. The fourth-order valence-electron chi connectivity index (χ4n) is 0.929. The average molecular weight is 145 g/mol. The van der Waals surface area contributed by atoms with Crippen LogP contribution in [0.3, 0.4) is 0 Å². The molecule has 10 heavy (non-hydrogen) atoms. The summed E-state index contributed by atoms with van der Waals surface area (Å²) in [7, 11) is 0. The summed E-state index contributed by atoms with van der Waals surface area (Å²) in [6, 6.07) is 0.345. The van der Waals surface area contributed by atoms with Gasteiger partial charge in [-0.15, -0.1) is 0 Å². The minimum Gasteiger partial charge on any atom is -0.354 e. The minimum atomic E-state index is 0. The first-order valence-electron chi connectivity index (χ1n) is 3.94. The largest absolute Gasteiger partial charge is 0.354 e. The third kappa shape index (κ3) is 5.60. The van der Waals surface area contributed by atoms with Crippen molar-refractivity contribution in [2.75, 3.05) is 0 Å². The first kappa shape index (κ1) is 9.47. The van der Waals surface area contributed by atoms with Crippen LogP contribution in [0.15, 0.2) is 0 Å². The molecule has 0 aliphatic carbocycles. The minimum absolute atomic E-state index is 0. The van der Waals surface area contributed by atoms with Crippen LogP contribution in [0.5, 0.6) is 0 Å². The van der Waals surface area contributed by atoms with E-state index in [-0.39, 0.29) is 7.33 Å². The van der Waals surface area contributed by atoms with E-state index < -0.39 is 0 Å². The van der Waals surface area contributed by atoms with E-state index in [9.17, 15) is 4.79 Å². The molecule has 0 spiro atoms. The molecule has 0 saturated heterocycles. The number of hydrogen-bond donors (Lipinski definition) is 1. The molecule has 1 atom stereocenters. The van der Waals surface area contributed by atoms with E-state index in [4.69, 9.17) is 0 Å². The predicted molar refractivity (Wildman–Crippen MR) is 44.9 cm³/mol. The van der Waals surface area contributed by atoms with Crippen LogP contribution in [-0.2, 0) is 4.79 Å². The molecule has 1 N–H and O–H groups in total. The Kier molecular flexibility index (Phi) is 4.99. The molecular weight excluding hydrogens is 126 g/mol. The lowest BCUT2D eigenvalue weighted by molar-refractivity contribution is -0.119. The van der Waals surface area contributed by atoms with Gasteiger partial charge in [0.25, 0.3) is 0 Å². The maximum absolute atomic E-state index is 10.5. The number of nitrogens with one attached hydrogen (secondary N) is 1. The van der Waals surface area contributed by atoms with E-state index in [1.54, 1.807) is 6.92 Å². The number of rotatable bonds is 4. The van der Waals surface area contributed by atoms with Crippen LogP contribution in [-0.4, -0.2) is 11.9 Å². The number of carbonyl (C=O) groups excluding carboxylic acids is 1. The molecule has 0 aromatic heterocycles. The average Bonchev–Trinajstić information content (AvgIpc) is 1.82. The standard InChI is InChI=1S/C8H17NO.H2/c1-4-5-6-7(2)9-8(3)10;/h7H,4-6H2,1-3H3,(H,9,10);1H. The first-order chi connectivity index (χ1) is 4.66. The van der Waals surface area contributed by atoms with Gasteiger partial charge in [0.2, 0.25) is 5.91 Å². The maximum atomic E-state index is 10.5. The van der Waals surface area contributed by atoms with Gasteiger partial charge in [-0.25, -0.2) is 0 Å². The third-order valence-corrected chi connectivity index (χ3v) is 1.44. The number of amides is 1. The smallest absolute Gasteiger partial charge is 0.217 e. The van der Waals surface area contributed by atoms with Gasteiger partial charge >= 0.3 is 0 Å². The third-order valence-electron chi connectivity index (χ3n) is 1.44. The summed E-state index contributed by atoms with van der Waals surface area (Å²) in [5.74, 6) is 0.0728. The van der Waals surface area contributed by atoms with E-state index in [0.29, 0.717) is 6.04 Å². The van der Waals surface area contributed by atoms with E-state index in [0.717, 1.165) is 6.42 Å². The molecule has 0 radical (unpaired) electrons. The molecule has 0 heterocycles. The molecule has 0 aliphatic heterocycles. The summed E-state index contributed by atoms with van der Waals surface area (Å²) in [5, 5.41) is 2.84. The highest BCUT2D eigenvalue weighted by Gasteiger charge is 2.00. The van der Waals surface area contributed by atoms with Gasteiger partial charge in [0, 0.05) is 14.4 Å². The topological polar surface area (TPSA) is 29.1 Å². The molecule has 0 aromatic carbocycles. The van der Waals surface area contributed by atoms with E-state index in [1.165, 1.54) is 12.8 Å². The van der Waals surface area contributed by atoms with Crippen LogP contribution >= 0.6 is 0 Å². The summed E-state index contributed by atoms with van der Waals surface area (Å²) in [4.78, 5) is 10.5. The van der Waals surface area contributed by atoms with Gasteiger partial charge in [-0.1, -0.05) is 19.8 Å². The Bertz CT molecular complexity index is 106. The summed E-state index contributed by atoms with van der Waals surface area (Å²) in [6.07, 6.45) is 3.49. The zero-order chi connectivity index (χ0) is 7.98. The van der Waals surface area contributed by atoms with E-state index in [1.807, 2.05) is 6.92 Å². The van der Waals surface area contributed by atoms with Crippen LogP contribution in [0.4, 0.5) is 0 Å². The summed E-state index contributed by atoms with van der Waals surface area (Å²) in [6.45, 7) is 5.75. The molecule has 1 unspecified atom stereocenters. The highest BCUT2D eigenvalue weighted by Crippen LogP contribution is 1.98. The second-order valence-corrected chi connectivity index (χ2v) is 2.74. The summed E-state index contributed by atoms with van der Waals surface area (Å²) in [5.41, 5.74) is 0. The number of carbonyl (C=O) groups is 1. The normalized spacial score (nSPS) is 12.7. The quantitative estimate of drug-likeness (QED) is 0.643. The highest BCUT2D eigenvalue weighted by atomic mass is 16.1. The van der Waals surface area contributed by atoms with Gasteiger partial charge in [0.1, 0.15) is 0 Å². The molecule has 0 rings (SSSR count). The second-order valence-electron chi connectivity index (χ2n) is 2.74. The molecule has 0 fully saturated rings. The highest BCUT2D eigenvalue weighted by molar-refractivity contribution is 5.73. The van der Waals surface area contributed by atoms with Gasteiger partial charge in [0.15, 0.2) is 0 Å². The summed E-state index contributed by atoms with van der Waals surface area (Å²) < 4.78 is 0. The number of hydrogen-bond acceptors (Lipinski definition) is 1. The van der Waals surface area contributed by atoms with Gasteiger partial charge in [0.05, 0.1) is 0 Å². The molecule has 0 aliphatic rings. The molecular formula is C8H19NO. The molecule has 62 valence electrons. The fourth-order valence-corrected chi connectivity index (χ4v) is 0.929. The monoisotopic (exact) mass is 145 g/mol. The van der Waals surface area contributed by atoms with Gasteiger partial charge in [-0.3, -0.25) is 4.79 Å². The van der Waals surface area contributed by atoms with Crippen molar-refractivity contribution < 1.29 is 6.22 Å². The van der Waals surface area contributed by atoms with Crippen LogP contribution in [0, 0.1) is 0 Å². The van der Waals surface area contributed by atoms with Crippen molar-refractivity contribution in [2.45, 2.75) is 46.1 Å². The van der Waals surface area contributed by atoms with E-state index in [2.05, 4.69) is 12.2 Å². The van der Waals surface area contributed by atoms with Gasteiger partial charge < -0.3 is 5.32 Å². The van der Waals surface area contributed by atoms with Crippen molar-refractivity contribution >= 4 is 5.91 Å². The Morgan fingerprint density at radius 2 is 2.30 bits per heavy atom. The van der Waals surface area contributed by atoms with Crippen LogP contribution < -0.4 is 5.32 Å². The Labute approximate surface area is 64.5 Å². The predicted octanol–water partition coefficient (Wildman–Crippen LogP) is 1.95. The van der Waals surface area contributed by atoms with Gasteiger partial charge in [-0.05, 0) is 13.3 Å². The van der Waals surface area contributed by atoms with Crippen molar-refractivity contribution in [3.63, 3.8) is 0 Å². The zero-order valence-corrected chi connectivity index (χ0v) is 7.11. The SMILES string of the molecule is CCCCC(C)NC(C)=O.[HH]. The Hall–Kier alpha value is -0.530. The van der Waals surface area contributed by atoms with Crippen molar-refractivity contribution in [1.29, 1.82) is 0 Å². The van der Waals surface area contributed by atoms with Crippen molar-refractivity contribution in [1.82, 2.24) is 5.32 Å². The Balaban J connectivity index is 0. The molecule has 0 bridgehead atoms. The lowest BCUT2D eigenvalue weighted by atomic mass is 10.1. The molecule has 2 nitrogen and oxygen atoms in total. The maximum Gasteiger partial charge on any atom is 0.217 e. The summed E-state index contributed by atoms with van der Waals surface area (Å²) >= 11 is 0. The second kappa shape index (κ2) is 5.27. The van der Waals surface area contributed by atoms with Crippen LogP contribution in [0.1, 0.15) is 41.5 Å². The fraction of sp³-hybridized carbons (Fsp3) is 0.875. The lowest BCUT2D eigenvalue weighted by Crippen LogP contribution is -2.30. The zero-order valence-electron chi connectivity index (χ0n) is 7.11.